The van der Waals surface area contributed by atoms with Crippen molar-refractivity contribution in [1.29, 1.82) is 0 Å². The molecule has 1 saturated heterocycles. The quantitative estimate of drug-likeness (QED) is 0.474. The van der Waals surface area contributed by atoms with E-state index in [2.05, 4.69) is 5.32 Å². The van der Waals surface area contributed by atoms with Crippen LogP contribution in [0, 0.1) is 0 Å². The zero-order valence-electron chi connectivity index (χ0n) is 19.4. The first kappa shape index (κ1) is 24.6. The first-order chi connectivity index (χ1) is 17.0. The number of benzene rings is 3. The molecule has 1 fully saturated rings. The molecule has 0 unspecified atom stereocenters. The number of anilines is 1. The van der Waals surface area contributed by atoms with Gasteiger partial charge in [-0.15, -0.1) is 0 Å². The van der Waals surface area contributed by atoms with Crippen LogP contribution in [0.15, 0.2) is 78.9 Å². The summed E-state index contributed by atoms with van der Waals surface area (Å²) in [5.74, 6) is 1.16. The molecule has 1 aliphatic rings. The molecular formula is C27H29ClN4O3. The number of carbonyl (C=O) groups is 2. The summed E-state index contributed by atoms with van der Waals surface area (Å²) in [4.78, 5) is 29.3. The Morgan fingerprint density at radius 3 is 2.43 bits per heavy atom. The molecular weight excluding hydrogens is 464 g/mol. The van der Waals surface area contributed by atoms with Gasteiger partial charge in [-0.25, -0.2) is 0 Å². The smallest absolute Gasteiger partial charge is 0.242 e. The normalized spacial score (nSPS) is 15.0. The third kappa shape index (κ3) is 7.21. The second-order valence-electron chi connectivity index (χ2n) is 8.56. The average molecular weight is 493 g/mol. The van der Waals surface area contributed by atoms with Crippen LogP contribution in [0.4, 0.5) is 5.69 Å². The Hall–Kier alpha value is -3.55. The van der Waals surface area contributed by atoms with Crippen molar-refractivity contribution in [3.8, 4) is 11.5 Å². The molecule has 3 aromatic rings. The maximum Gasteiger partial charge on any atom is 0.242 e. The summed E-state index contributed by atoms with van der Waals surface area (Å²) in [5, 5.41) is 3.53. The van der Waals surface area contributed by atoms with E-state index in [1.165, 1.54) is 0 Å². The Morgan fingerprint density at radius 2 is 1.74 bits per heavy atom. The molecule has 0 bridgehead atoms. The fraction of sp³-hybridized carbons (Fsp3) is 0.259. The summed E-state index contributed by atoms with van der Waals surface area (Å²) in [6.07, 6.45) is 0.789. The summed E-state index contributed by atoms with van der Waals surface area (Å²) in [7, 11) is 0. The number of para-hydroxylation sites is 1. The van der Waals surface area contributed by atoms with E-state index in [9.17, 15) is 9.59 Å². The molecule has 0 saturated carbocycles. The molecule has 1 aliphatic heterocycles. The van der Waals surface area contributed by atoms with Gasteiger partial charge in [0.15, 0.2) is 0 Å². The maximum absolute atomic E-state index is 12.9. The first-order valence-electron chi connectivity index (χ1n) is 11.6. The monoisotopic (exact) mass is 492 g/mol. The number of hydrogen-bond donors (Lipinski definition) is 2. The van der Waals surface area contributed by atoms with Gasteiger partial charge in [0.25, 0.3) is 0 Å². The molecule has 1 heterocycles. The highest BCUT2D eigenvalue weighted by atomic mass is 35.5. The highest BCUT2D eigenvalue weighted by Gasteiger charge is 2.26. The lowest BCUT2D eigenvalue weighted by Gasteiger charge is -2.26. The molecule has 8 heteroatoms. The van der Waals surface area contributed by atoms with Gasteiger partial charge in [-0.2, -0.15) is 0 Å². The average Bonchev–Trinajstić information content (AvgIpc) is 3.30. The van der Waals surface area contributed by atoms with Gasteiger partial charge in [-0.1, -0.05) is 41.9 Å². The third-order valence-corrected chi connectivity index (χ3v) is 6.03. The molecule has 0 aromatic heterocycles. The molecule has 3 aromatic carbocycles. The summed E-state index contributed by atoms with van der Waals surface area (Å²) >= 11 is 6.04. The Balaban J connectivity index is 1.44. The Bertz CT molecular complexity index is 1140. The minimum atomic E-state index is -0.194. The molecule has 0 spiro atoms. The minimum Gasteiger partial charge on any atom is -0.457 e. The molecule has 1 atom stereocenters. The zero-order valence-corrected chi connectivity index (χ0v) is 20.2. The number of nitrogens with one attached hydrogen (secondary N) is 1. The maximum atomic E-state index is 12.9. The number of nitrogens with two attached hydrogens (primary N) is 1. The van der Waals surface area contributed by atoms with Crippen molar-refractivity contribution in [2.45, 2.75) is 19.0 Å². The standard InChI is InChI=1S/C27H29ClN4O3/c28-21-6-4-5-20(15-21)16-30-26(33)18-32(19-27(34)31-14-13-22(29)17-31)23-9-11-25(12-10-23)35-24-7-2-1-3-8-24/h1-12,15,22H,13-14,16-19,29H2,(H,30,33)/t22-/m0/s1. The lowest BCUT2D eigenvalue weighted by molar-refractivity contribution is -0.128. The fourth-order valence-electron chi connectivity index (χ4n) is 3.94. The highest BCUT2D eigenvalue weighted by molar-refractivity contribution is 6.30. The second kappa shape index (κ2) is 11.7. The number of hydrogen-bond acceptors (Lipinski definition) is 5. The number of amides is 2. The zero-order chi connectivity index (χ0) is 24.6. The highest BCUT2D eigenvalue weighted by Crippen LogP contribution is 2.24. The van der Waals surface area contributed by atoms with E-state index < -0.39 is 0 Å². The number of rotatable bonds is 9. The Labute approximate surface area is 210 Å². The number of carbonyl (C=O) groups excluding carboxylic acids is 2. The summed E-state index contributed by atoms with van der Waals surface area (Å²) in [6, 6.07) is 24.2. The van der Waals surface area contributed by atoms with E-state index in [1.54, 1.807) is 15.9 Å². The van der Waals surface area contributed by atoms with Crippen molar-refractivity contribution >= 4 is 29.1 Å². The molecule has 2 amide bonds. The van der Waals surface area contributed by atoms with E-state index in [0.717, 1.165) is 23.4 Å². The van der Waals surface area contributed by atoms with E-state index in [-0.39, 0.29) is 30.9 Å². The van der Waals surface area contributed by atoms with Crippen LogP contribution in [0.2, 0.25) is 5.02 Å². The fourth-order valence-corrected chi connectivity index (χ4v) is 4.15. The number of likely N-dealkylation sites (tertiary alicyclic amines) is 1. The summed E-state index contributed by atoms with van der Waals surface area (Å²) < 4.78 is 5.87. The third-order valence-electron chi connectivity index (χ3n) is 5.80. The lowest BCUT2D eigenvalue weighted by Crippen LogP contribution is -2.44. The van der Waals surface area contributed by atoms with E-state index in [1.807, 2.05) is 72.8 Å². The van der Waals surface area contributed by atoms with Crippen LogP contribution < -0.4 is 20.7 Å². The summed E-state index contributed by atoms with van der Waals surface area (Å²) in [5.41, 5.74) is 7.63. The van der Waals surface area contributed by atoms with Crippen LogP contribution in [-0.2, 0) is 16.1 Å². The van der Waals surface area contributed by atoms with Crippen molar-refractivity contribution in [2.24, 2.45) is 5.73 Å². The van der Waals surface area contributed by atoms with Crippen LogP contribution in [0.3, 0.4) is 0 Å². The SMILES string of the molecule is N[C@H]1CCN(C(=O)CN(CC(=O)NCc2cccc(Cl)c2)c2ccc(Oc3ccccc3)cc2)C1. The minimum absolute atomic E-state index is 0.00261. The molecule has 4 rings (SSSR count). The number of halogens is 1. The number of nitrogens with zero attached hydrogens (tertiary/aromatic N) is 2. The van der Waals surface area contributed by atoms with Crippen molar-refractivity contribution in [3.05, 3.63) is 89.4 Å². The van der Waals surface area contributed by atoms with E-state index in [0.29, 0.717) is 30.4 Å². The van der Waals surface area contributed by atoms with Crippen LogP contribution >= 0.6 is 11.6 Å². The Kier molecular flexibility index (Phi) is 8.23. The topological polar surface area (TPSA) is 87.9 Å². The molecule has 3 N–H and O–H groups in total. The van der Waals surface area contributed by atoms with Gasteiger partial charge in [0.1, 0.15) is 11.5 Å². The van der Waals surface area contributed by atoms with Crippen LogP contribution in [-0.4, -0.2) is 48.9 Å². The van der Waals surface area contributed by atoms with Crippen molar-refractivity contribution in [3.63, 3.8) is 0 Å². The van der Waals surface area contributed by atoms with Crippen molar-refractivity contribution < 1.29 is 14.3 Å². The van der Waals surface area contributed by atoms with E-state index >= 15 is 0 Å². The van der Waals surface area contributed by atoms with Gasteiger partial charge in [0.2, 0.25) is 11.8 Å². The molecule has 35 heavy (non-hydrogen) atoms. The predicted octanol–water partition coefficient (Wildman–Crippen LogP) is 3.81. The van der Waals surface area contributed by atoms with Crippen LogP contribution in [0.5, 0.6) is 11.5 Å². The molecule has 0 aliphatic carbocycles. The first-order valence-corrected chi connectivity index (χ1v) is 12.0. The summed E-state index contributed by atoms with van der Waals surface area (Å²) in [6.45, 7) is 1.64. The predicted molar refractivity (Wildman–Crippen MR) is 138 cm³/mol. The van der Waals surface area contributed by atoms with E-state index in [4.69, 9.17) is 22.1 Å². The molecule has 0 radical (unpaired) electrons. The Morgan fingerprint density at radius 1 is 1.00 bits per heavy atom. The van der Waals surface area contributed by atoms with Gasteiger partial charge in [-0.3, -0.25) is 9.59 Å². The van der Waals surface area contributed by atoms with Crippen molar-refractivity contribution in [2.75, 3.05) is 31.1 Å². The number of ether oxygens (including phenoxy) is 1. The molecule has 182 valence electrons. The van der Waals surface area contributed by atoms with Gasteiger partial charge < -0.3 is 25.6 Å². The van der Waals surface area contributed by atoms with Gasteiger partial charge in [0.05, 0.1) is 13.1 Å². The van der Waals surface area contributed by atoms with Gasteiger partial charge in [0, 0.05) is 36.4 Å². The lowest BCUT2D eigenvalue weighted by atomic mass is 10.2. The van der Waals surface area contributed by atoms with Crippen LogP contribution in [0.25, 0.3) is 0 Å². The van der Waals surface area contributed by atoms with Gasteiger partial charge in [-0.05, 0) is 60.5 Å². The van der Waals surface area contributed by atoms with Crippen molar-refractivity contribution in [1.82, 2.24) is 10.2 Å². The van der Waals surface area contributed by atoms with Gasteiger partial charge >= 0.3 is 0 Å². The largest absolute Gasteiger partial charge is 0.457 e. The molecule has 7 nitrogen and oxygen atoms in total. The van der Waals surface area contributed by atoms with Crippen LogP contribution in [0.1, 0.15) is 12.0 Å². The second-order valence-corrected chi connectivity index (χ2v) is 9.00.